The summed E-state index contributed by atoms with van der Waals surface area (Å²) in [5.41, 5.74) is 6.31. The van der Waals surface area contributed by atoms with E-state index in [0.717, 1.165) is 40.8 Å². The van der Waals surface area contributed by atoms with Gasteiger partial charge in [-0.15, -0.1) is 0 Å². The smallest absolute Gasteiger partial charge is 0.255 e. The van der Waals surface area contributed by atoms with Crippen molar-refractivity contribution in [2.45, 2.75) is 46.1 Å². The highest BCUT2D eigenvalue weighted by Crippen LogP contribution is 2.40. The van der Waals surface area contributed by atoms with Gasteiger partial charge in [0, 0.05) is 24.5 Å². The lowest BCUT2D eigenvalue weighted by Crippen LogP contribution is -2.43. The van der Waals surface area contributed by atoms with E-state index in [1.165, 1.54) is 11.1 Å². The molecule has 1 N–H and O–H groups in total. The molecule has 1 atom stereocenters. The quantitative estimate of drug-likeness (QED) is 0.496. The monoisotopic (exact) mass is 425 g/mol. The van der Waals surface area contributed by atoms with E-state index in [0.29, 0.717) is 17.9 Å². The molecule has 2 aromatic heterocycles. The Bertz CT molecular complexity index is 1290. The molecule has 1 aliphatic heterocycles. The van der Waals surface area contributed by atoms with Crippen molar-refractivity contribution in [3.63, 3.8) is 0 Å². The number of carbonyl (C=O) groups is 1. The van der Waals surface area contributed by atoms with Gasteiger partial charge < -0.3 is 9.88 Å². The first-order chi connectivity index (χ1) is 15.4. The maximum absolute atomic E-state index is 13.9. The summed E-state index contributed by atoms with van der Waals surface area (Å²) >= 11 is 0. The minimum Gasteiger partial charge on any atom is -0.340 e. The first kappa shape index (κ1) is 20.4. The number of aromatic amines is 1. The normalized spacial score (nSPS) is 18.4. The number of imidazole rings is 1. The molecule has 0 bridgehead atoms. The molecule has 1 saturated heterocycles. The lowest BCUT2D eigenvalue weighted by molar-refractivity contribution is 0.0606. The van der Waals surface area contributed by atoms with Crippen molar-refractivity contribution < 1.29 is 4.79 Å². The Morgan fingerprint density at radius 2 is 1.81 bits per heavy atom. The van der Waals surface area contributed by atoms with Crippen LogP contribution >= 0.6 is 0 Å². The summed E-state index contributed by atoms with van der Waals surface area (Å²) in [6, 6.07) is 11.9. The molecule has 0 aliphatic carbocycles. The van der Waals surface area contributed by atoms with Crippen LogP contribution in [0.2, 0.25) is 0 Å². The van der Waals surface area contributed by atoms with Gasteiger partial charge in [0.05, 0.1) is 22.1 Å². The second-order valence-electron chi connectivity index (χ2n) is 8.99. The Kier molecular flexibility index (Phi) is 4.81. The summed E-state index contributed by atoms with van der Waals surface area (Å²) in [6.07, 6.45) is 5.20. The summed E-state index contributed by atoms with van der Waals surface area (Å²) in [6.45, 7) is 9.01. The topological polar surface area (TPSA) is 74.8 Å². The van der Waals surface area contributed by atoms with Crippen LogP contribution in [0.25, 0.3) is 22.4 Å². The largest absolute Gasteiger partial charge is 0.340 e. The SMILES string of the molecule is Cc1ccc(-c2ncccn2)c(C(=O)N2CCCC2(C)c2nc3cc(C)c(C)cc3[nH]2)c1. The summed E-state index contributed by atoms with van der Waals surface area (Å²) in [5.74, 6) is 1.39. The van der Waals surface area contributed by atoms with Gasteiger partial charge in [-0.1, -0.05) is 17.7 Å². The third-order valence-corrected chi connectivity index (χ3v) is 6.71. The first-order valence-electron chi connectivity index (χ1n) is 11.0. The number of H-pyrrole nitrogens is 1. The van der Waals surface area contributed by atoms with Gasteiger partial charge in [-0.25, -0.2) is 15.0 Å². The molecule has 6 heteroatoms. The molecule has 0 radical (unpaired) electrons. The third-order valence-electron chi connectivity index (χ3n) is 6.71. The first-order valence-corrected chi connectivity index (χ1v) is 11.0. The molecule has 3 heterocycles. The van der Waals surface area contributed by atoms with Crippen LogP contribution in [0.4, 0.5) is 0 Å². The highest BCUT2D eigenvalue weighted by molar-refractivity contribution is 6.01. The van der Waals surface area contributed by atoms with Crippen LogP contribution < -0.4 is 0 Å². The molecular weight excluding hydrogens is 398 g/mol. The number of aryl methyl sites for hydroxylation is 3. The fraction of sp³-hybridized carbons (Fsp3) is 0.308. The van der Waals surface area contributed by atoms with E-state index in [1.807, 2.05) is 30.0 Å². The van der Waals surface area contributed by atoms with Gasteiger partial charge in [0.2, 0.25) is 0 Å². The van der Waals surface area contributed by atoms with Crippen LogP contribution in [0.3, 0.4) is 0 Å². The highest BCUT2D eigenvalue weighted by Gasteiger charge is 2.44. The molecule has 6 nitrogen and oxygen atoms in total. The van der Waals surface area contributed by atoms with Gasteiger partial charge in [0.1, 0.15) is 5.82 Å². The van der Waals surface area contributed by atoms with Gasteiger partial charge in [0.25, 0.3) is 5.91 Å². The molecule has 5 rings (SSSR count). The van der Waals surface area contributed by atoms with E-state index < -0.39 is 5.54 Å². The van der Waals surface area contributed by atoms with Crippen LogP contribution in [0.15, 0.2) is 48.8 Å². The van der Waals surface area contributed by atoms with Crippen molar-refractivity contribution in [2.75, 3.05) is 6.54 Å². The van der Waals surface area contributed by atoms with Crippen molar-refractivity contribution in [1.82, 2.24) is 24.8 Å². The molecule has 2 aromatic carbocycles. The minimum atomic E-state index is -0.503. The number of nitrogens with zero attached hydrogens (tertiary/aromatic N) is 4. The van der Waals surface area contributed by atoms with Gasteiger partial charge in [-0.2, -0.15) is 0 Å². The van der Waals surface area contributed by atoms with Crippen molar-refractivity contribution in [1.29, 1.82) is 0 Å². The summed E-state index contributed by atoms with van der Waals surface area (Å²) in [4.78, 5) is 33.1. The predicted octanol–water partition coefficient (Wildman–Crippen LogP) is 5.10. The van der Waals surface area contributed by atoms with E-state index in [9.17, 15) is 4.79 Å². The minimum absolute atomic E-state index is 0.0102. The van der Waals surface area contributed by atoms with Gasteiger partial charge in [0.15, 0.2) is 5.82 Å². The molecule has 1 fully saturated rings. The number of amides is 1. The zero-order valence-electron chi connectivity index (χ0n) is 18.9. The lowest BCUT2D eigenvalue weighted by atomic mass is 9.95. The summed E-state index contributed by atoms with van der Waals surface area (Å²) < 4.78 is 0. The fourth-order valence-electron chi connectivity index (χ4n) is 4.67. The number of fused-ring (bicyclic) bond motifs is 1. The Labute approximate surface area is 187 Å². The number of nitrogens with one attached hydrogen (secondary N) is 1. The Morgan fingerprint density at radius 1 is 1.06 bits per heavy atom. The predicted molar refractivity (Wildman–Crippen MR) is 125 cm³/mol. The fourth-order valence-corrected chi connectivity index (χ4v) is 4.67. The number of carbonyl (C=O) groups excluding carboxylic acids is 1. The molecule has 1 unspecified atom stereocenters. The summed E-state index contributed by atoms with van der Waals surface area (Å²) in [5, 5.41) is 0. The van der Waals surface area contributed by atoms with E-state index in [4.69, 9.17) is 4.98 Å². The Balaban J connectivity index is 1.58. The second kappa shape index (κ2) is 7.55. The average molecular weight is 426 g/mol. The number of likely N-dealkylation sites (tertiary alicyclic amines) is 1. The maximum atomic E-state index is 13.9. The van der Waals surface area contributed by atoms with E-state index in [2.05, 4.69) is 47.9 Å². The zero-order valence-corrected chi connectivity index (χ0v) is 18.9. The van der Waals surface area contributed by atoms with Crippen LogP contribution in [0.5, 0.6) is 0 Å². The lowest BCUT2D eigenvalue weighted by Gasteiger charge is -2.34. The van der Waals surface area contributed by atoms with Gasteiger partial charge in [-0.3, -0.25) is 4.79 Å². The van der Waals surface area contributed by atoms with Crippen molar-refractivity contribution in [3.8, 4) is 11.4 Å². The Morgan fingerprint density at radius 3 is 2.59 bits per heavy atom. The van der Waals surface area contributed by atoms with E-state index in [-0.39, 0.29) is 5.91 Å². The van der Waals surface area contributed by atoms with E-state index >= 15 is 0 Å². The number of aromatic nitrogens is 4. The molecule has 0 spiro atoms. The van der Waals surface area contributed by atoms with Crippen molar-refractivity contribution in [3.05, 3.63) is 76.9 Å². The Hall–Kier alpha value is -3.54. The standard InChI is InChI=1S/C26H27N5O/c1-16-7-8-19(23-27-10-6-11-28-23)20(13-16)24(32)31-12-5-9-26(31,4)25-29-21-14-17(2)18(3)15-22(21)30-25/h6-8,10-11,13-15H,5,9,12H2,1-4H3,(H,29,30). The van der Waals surface area contributed by atoms with E-state index in [1.54, 1.807) is 18.5 Å². The zero-order chi connectivity index (χ0) is 22.5. The van der Waals surface area contributed by atoms with Crippen LogP contribution in [0.1, 0.15) is 52.6 Å². The van der Waals surface area contributed by atoms with Crippen LogP contribution in [-0.4, -0.2) is 37.3 Å². The van der Waals surface area contributed by atoms with Crippen molar-refractivity contribution in [2.24, 2.45) is 0 Å². The maximum Gasteiger partial charge on any atom is 0.255 e. The average Bonchev–Trinajstić information content (AvgIpc) is 3.38. The van der Waals surface area contributed by atoms with Crippen molar-refractivity contribution >= 4 is 16.9 Å². The number of hydrogen-bond acceptors (Lipinski definition) is 4. The molecular formula is C26H27N5O. The number of hydrogen-bond donors (Lipinski definition) is 1. The van der Waals surface area contributed by atoms with Crippen LogP contribution in [0, 0.1) is 20.8 Å². The van der Waals surface area contributed by atoms with Crippen LogP contribution in [-0.2, 0) is 5.54 Å². The molecule has 1 aliphatic rings. The summed E-state index contributed by atoms with van der Waals surface area (Å²) in [7, 11) is 0. The molecule has 162 valence electrons. The molecule has 0 saturated carbocycles. The van der Waals surface area contributed by atoms with Gasteiger partial charge >= 0.3 is 0 Å². The molecule has 32 heavy (non-hydrogen) atoms. The number of rotatable bonds is 3. The third kappa shape index (κ3) is 3.27. The van der Waals surface area contributed by atoms with Gasteiger partial charge in [-0.05, 0) is 75.9 Å². The highest BCUT2D eigenvalue weighted by atomic mass is 16.2. The molecule has 4 aromatic rings. The second-order valence-corrected chi connectivity index (χ2v) is 8.99. The number of benzene rings is 2. The molecule has 1 amide bonds.